The Morgan fingerprint density at radius 1 is 1.46 bits per heavy atom. The van der Waals surface area contributed by atoms with E-state index in [4.69, 9.17) is 4.52 Å². The van der Waals surface area contributed by atoms with E-state index in [1.807, 2.05) is 0 Å². The molecular weight excluding hydrogens is 168 g/mol. The van der Waals surface area contributed by atoms with Gasteiger partial charge in [0.05, 0.1) is 0 Å². The molecule has 0 spiro atoms. The van der Waals surface area contributed by atoms with Crippen molar-refractivity contribution in [3.05, 3.63) is 11.7 Å². The highest BCUT2D eigenvalue weighted by Crippen LogP contribution is 2.33. The van der Waals surface area contributed by atoms with E-state index < -0.39 is 6.10 Å². The summed E-state index contributed by atoms with van der Waals surface area (Å²) in [6.07, 6.45) is 4.15. The molecular formula is C9H14N2O2. The van der Waals surface area contributed by atoms with Gasteiger partial charge in [-0.2, -0.15) is 4.98 Å². The molecule has 13 heavy (non-hydrogen) atoms. The van der Waals surface area contributed by atoms with Gasteiger partial charge in [0, 0.05) is 5.92 Å². The van der Waals surface area contributed by atoms with Gasteiger partial charge in [0.25, 0.3) is 0 Å². The highest BCUT2D eigenvalue weighted by molar-refractivity contribution is 4.97. The van der Waals surface area contributed by atoms with Crippen LogP contribution in [0.1, 0.15) is 56.3 Å². The van der Waals surface area contributed by atoms with Crippen molar-refractivity contribution in [1.29, 1.82) is 0 Å². The van der Waals surface area contributed by atoms with Gasteiger partial charge in [-0.1, -0.05) is 18.0 Å². The molecule has 2 rings (SSSR count). The molecule has 1 heterocycles. The molecule has 0 amide bonds. The van der Waals surface area contributed by atoms with E-state index in [0.717, 1.165) is 12.8 Å². The first-order valence-electron chi connectivity index (χ1n) is 4.79. The standard InChI is InChI=1S/C9H14N2O2/c1-6(12)8-10-9(13-11-8)7-4-2-3-5-7/h6-7,12H,2-5H2,1H3. The van der Waals surface area contributed by atoms with Crippen molar-refractivity contribution < 1.29 is 9.63 Å². The molecule has 0 radical (unpaired) electrons. The lowest BCUT2D eigenvalue weighted by Crippen LogP contribution is -1.96. The molecule has 1 N–H and O–H groups in total. The lowest BCUT2D eigenvalue weighted by molar-refractivity contribution is 0.184. The normalized spacial score (nSPS) is 20.8. The fourth-order valence-corrected chi connectivity index (χ4v) is 1.76. The Labute approximate surface area is 77.0 Å². The summed E-state index contributed by atoms with van der Waals surface area (Å²) >= 11 is 0. The van der Waals surface area contributed by atoms with Gasteiger partial charge >= 0.3 is 0 Å². The summed E-state index contributed by atoms with van der Waals surface area (Å²) in [6.45, 7) is 1.64. The van der Waals surface area contributed by atoms with Crippen molar-refractivity contribution in [2.45, 2.75) is 44.6 Å². The van der Waals surface area contributed by atoms with Crippen LogP contribution in [0.4, 0.5) is 0 Å². The molecule has 1 aromatic rings. The quantitative estimate of drug-likeness (QED) is 0.757. The number of nitrogens with zero attached hydrogens (tertiary/aromatic N) is 2. The second kappa shape index (κ2) is 3.46. The molecule has 0 bridgehead atoms. The molecule has 0 aliphatic heterocycles. The minimum absolute atomic E-state index is 0.405. The Bertz CT molecular complexity index is 277. The summed E-state index contributed by atoms with van der Waals surface area (Å²) in [5.41, 5.74) is 0. The maximum atomic E-state index is 9.19. The molecule has 1 aliphatic rings. The minimum Gasteiger partial charge on any atom is -0.385 e. The Balaban J connectivity index is 2.12. The largest absolute Gasteiger partial charge is 0.385 e. The zero-order chi connectivity index (χ0) is 9.26. The molecule has 1 saturated carbocycles. The summed E-state index contributed by atoms with van der Waals surface area (Å²) in [5.74, 6) is 1.54. The van der Waals surface area contributed by atoms with Crippen molar-refractivity contribution >= 4 is 0 Å². The highest BCUT2D eigenvalue weighted by atomic mass is 16.5. The summed E-state index contributed by atoms with van der Waals surface area (Å²) in [5, 5.41) is 12.9. The monoisotopic (exact) mass is 182 g/mol. The fraction of sp³-hybridized carbons (Fsp3) is 0.778. The first-order valence-corrected chi connectivity index (χ1v) is 4.79. The van der Waals surface area contributed by atoms with Gasteiger partial charge in [-0.05, 0) is 19.8 Å². The van der Waals surface area contributed by atoms with Gasteiger partial charge in [0.1, 0.15) is 6.10 Å². The zero-order valence-electron chi connectivity index (χ0n) is 7.73. The van der Waals surface area contributed by atoms with E-state index in [1.54, 1.807) is 6.92 Å². The van der Waals surface area contributed by atoms with Gasteiger partial charge in [-0.15, -0.1) is 0 Å². The van der Waals surface area contributed by atoms with Crippen LogP contribution in [0, 0.1) is 0 Å². The third kappa shape index (κ3) is 1.72. The maximum absolute atomic E-state index is 9.19. The molecule has 4 nitrogen and oxygen atoms in total. The Hall–Kier alpha value is -0.900. The summed E-state index contributed by atoms with van der Waals surface area (Å²) in [7, 11) is 0. The van der Waals surface area contributed by atoms with Crippen LogP contribution < -0.4 is 0 Å². The van der Waals surface area contributed by atoms with Crippen LogP contribution in [0.15, 0.2) is 4.52 Å². The highest BCUT2D eigenvalue weighted by Gasteiger charge is 2.23. The number of aliphatic hydroxyl groups is 1. The van der Waals surface area contributed by atoms with Gasteiger partial charge in [0.15, 0.2) is 5.82 Å². The number of hydrogen-bond donors (Lipinski definition) is 1. The predicted octanol–water partition coefficient (Wildman–Crippen LogP) is 1.78. The van der Waals surface area contributed by atoms with Gasteiger partial charge in [-0.25, -0.2) is 0 Å². The molecule has 1 unspecified atom stereocenters. The topological polar surface area (TPSA) is 59.2 Å². The number of aromatic nitrogens is 2. The van der Waals surface area contributed by atoms with E-state index in [0.29, 0.717) is 17.6 Å². The Morgan fingerprint density at radius 3 is 2.69 bits per heavy atom. The summed E-state index contributed by atoms with van der Waals surface area (Å²) in [6, 6.07) is 0. The fourth-order valence-electron chi connectivity index (χ4n) is 1.76. The second-order valence-corrected chi connectivity index (χ2v) is 3.65. The molecule has 0 aromatic carbocycles. The lowest BCUT2D eigenvalue weighted by Gasteiger charge is -1.99. The van der Waals surface area contributed by atoms with Crippen LogP contribution in [0.25, 0.3) is 0 Å². The van der Waals surface area contributed by atoms with Crippen LogP contribution in [0.2, 0.25) is 0 Å². The third-order valence-electron chi connectivity index (χ3n) is 2.54. The predicted molar refractivity (Wildman–Crippen MR) is 46.1 cm³/mol. The van der Waals surface area contributed by atoms with Crippen molar-refractivity contribution in [2.75, 3.05) is 0 Å². The molecule has 72 valence electrons. The van der Waals surface area contributed by atoms with Crippen LogP contribution in [-0.2, 0) is 0 Å². The smallest absolute Gasteiger partial charge is 0.229 e. The average Bonchev–Trinajstić information content (AvgIpc) is 2.75. The minimum atomic E-state index is -0.626. The van der Waals surface area contributed by atoms with Crippen molar-refractivity contribution in [3.8, 4) is 0 Å². The molecule has 0 saturated heterocycles. The number of aliphatic hydroxyl groups excluding tert-OH is 1. The third-order valence-corrected chi connectivity index (χ3v) is 2.54. The number of hydrogen-bond acceptors (Lipinski definition) is 4. The maximum Gasteiger partial charge on any atom is 0.229 e. The second-order valence-electron chi connectivity index (χ2n) is 3.65. The van der Waals surface area contributed by atoms with Gasteiger partial charge in [0.2, 0.25) is 5.89 Å². The Kier molecular flexibility index (Phi) is 2.31. The van der Waals surface area contributed by atoms with E-state index in [1.165, 1.54) is 12.8 Å². The van der Waals surface area contributed by atoms with Gasteiger partial charge < -0.3 is 9.63 Å². The van der Waals surface area contributed by atoms with Crippen LogP contribution in [0.5, 0.6) is 0 Å². The molecule has 1 aromatic heterocycles. The van der Waals surface area contributed by atoms with E-state index in [9.17, 15) is 5.11 Å². The molecule has 1 fully saturated rings. The molecule has 4 heteroatoms. The van der Waals surface area contributed by atoms with Crippen LogP contribution in [0.3, 0.4) is 0 Å². The van der Waals surface area contributed by atoms with Crippen molar-refractivity contribution in [3.63, 3.8) is 0 Å². The lowest BCUT2D eigenvalue weighted by atomic mass is 10.1. The summed E-state index contributed by atoms with van der Waals surface area (Å²) < 4.78 is 5.09. The zero-order valence-corrected chi connectivity index (χ0v) is 7.73. The van der Waals surface area contributed by atoms with E-state index in [-0.39, 0.29) is 0 Å². The van der Waals surface area contributed by atoms with E-state index in [2.05, 4.69) is 10.1 Å². The first-order chi connectivity index (χ1) is 6.27. The van der Waals surface area contributed by atoms with Crippen LogP contribution in [-0.4, -0.2) is 15.2 Å². The molecule has 1 atom stereocenters. The summed E-state index contributed by atoms with van der Waals surface area (Å²) in [4.78, 5) is 4.16. The van der Waals surface area contributed by atoms with Gasteiger partial charge in [-0.3, -0.25) is 0 Å². The van der Waals surface area contributed by atoms with Crippen molar-refractivity contribution in [1.82, 2.24) is 10.1 Å². The number of rotatable bonds is 2. The SMILES string of the molecule is CC(O)c1noc(C2CCCC2)n1. The first kappa shape index (κ1) is 8.69. The van der Waals surface area contributed by atoms with Crippen LogP contribution >= 0.6 is 0 Å². The van der Waals surface area contributed by atoms with E-state index >= 15 is 0 Å². The Morgan fingerprint density at radius 2 is 2.15 bits per heavy atom. The average molecular weight is 182 g/mol. The molecule has 1 aliphatic carbocycles. The van der Waals surface area contributed by atoms with Crippen molar-refractivity contribution in [2.24, 2.45) is 0 Å².